The molecule has 0 aromatic heterocycles. The molecule has 0 rings (SSSR count). The van der Waals surface area contributed by atoms with Gasteiger partial charge >= 0.3 is 62.1 Å². The van der Waals surface area contributed by atoms with Crippen LogP contribution >= 0.6 is 0 Å². The Morgan fingerprint density at radius 1 is 1.00 bits per heavy atom. The molecule has 0 fully saturated rings. The van der Waals surface area contributed by atoms with E-state index in [1.54, 1.807) is 0 Å². The Kier molecular flexibility index (Phi) is 191. The van der Waals surface area contributed by atoms with Gasteiger partial charge in [0, 0.05) is 0 Å². The van der Waals surface area contributed by atoms with E-state index in [4.69, 9.17) is 0 Å². The second-order valence-electron chi connectivity index (χ2n) is 0. The smallest absolute Gasteiger partial charge is 2.00 e. The normalized spacial score (nSPS) is 0. The Balaban J connectivity index is 0. The summed E-state index contributed by atoms with van der Waals surface area (Å²) in [5.74, 6) is 0. The molecule has 0 heterocycles. The summed E-state index contributed by atoms with van der Waals surface area (Å²) in [6.45, 7) is 0. The van der Waals surface area contributed by atoms with Crippen LogP contribution in [0.2, 0.25) is 0 Å². The summed E-state index contributed by atoms with van der Waals surface area (Å²) in [5.41, 5.74) is 0. The van der Waals surface area contributed by atoms with Crippen LogP contribution in [0.1, 0.15) is 0 Å². The second kappa shape index (κ2) is 20.2. The SMILES string of the molecule is [Al+3].[Mg+2].[O-2].[Ti+4]. The molecule has 0 aromatic carbocycles. The van der Waals surface area contributed by atoms with Crippen molar-refractivity contribution in [2.75, 3.05) is 0 Å². The Morgan fingerprint density at radius 3 is 1.00 bits per heavy atom. The largest absolute Gasteiger partial charge is 4.00 e. The first kappa shape index (κ1) is 37.9. The van der Waals surface area contributed by atoms with E-state index >= 15 is 0 Å². The molecule has 0 N–H and O–H groups in total. The molecular formula is AlMgOTi+7. The third-order valence-electron chi connectivity index (χ3n) is 0. The molecule has 0 atom stereocenters. The number of rotatable bonds is 0. The van der Waals surface area contributed by atoms with Gasteiger partial charge in [-0.05, 0) is 0 Å². The molecule has 0 amide bonds. The molecule has 4 heteroatoms. The first-order valence-electron chi connectivity index (χ1n) is 0. The van der Waals surface area contributed by atoms with Gasteiger partial charge in [-0.15, -0.1) is 0 Å². The fourth-order valence-corrected chi connectivity index (χ4v) is 0. The minimum atomic E-state index is 0. The Labute approximate surface area is 67.0 Å². The molecule has 0 bridgehead atoms. The average Bonchev–Trinajstić information content (AvgIpc) is 0. The van der Waals surface area contributed by atoms with Crippen LogP contribution in [0.25, 0.3) is 0 Å². The van der Waals surface area contributed by atoms with Crippen molar-refractivity contribution in [1.82, 2.24) is 0 Å². The Morgan fingerprint density at radius 2 is 1.00 bits per heavy atom. The van der Waals surface area contributed by atoms with Crippen molar-refractivity contribution in [2.45, 2.75) is 0 Å². The quantitative estimate of drug-likeness (QED) is 0.367. The molecule has 0 unspecified atom stereocenters. The fourth-order valence-electron chi connectivity index (χ4n) is 0. The minimum absolute atomic E-state index is 0. The van der Waals surface area contributed by atoms with E-state index in [0.29, 0.717) is 0 Å². The maximum atomic E-state index is 0. The first-order chi connectivity index (χ1) is 0. The number of hydrogen-bond acceptors (Lipinski definition) is 0. The average molecular weight is 115 g/mol. The standard InChI is InChI=1S/Al.Mg.O.Ti/q+3;+2;-2;+4. The maximum Gasteiger partial charge on any atom is 4.00 e. The van der Waals surface area contributed by atoms with Gasteiger partial charge in [0.05, 0.1) is 0 Å². The minimum Gasteiger partial charge on any atom is -2.00 e. The molecule has 0 radical (unpaired) electrons. The van der Waals surface area contributed by atoms with Crippen molar-refractivity contribution in [3.05, 3.63) is 0 Å². The van der Waals surface area contributed by atoms with E-state index in [1.807, 2.05) is 0 Å². The Bertz CT molecular complexity index is 8.00. The summed E-state index contributed by atoms with van der Waals surface area (Å²) < 4.78 is 0. The van der Waals surface area contributed by atoms with Crippen molar-refractivity contribution in [1.29, 1.82) is 0 Å². The third-order valence-corrected chi connectivity index (χ3v) is 0. The van der Waals surface area contributed by atoms with Crippen LogP contribution in [0.3, 0.4) is 0 Å². The van der Waals surface area contributed by atoms with Crippen LogP contribution < -0.4 is 0 Å². The molecule has 8 valence electrons. The van der Waals surface area contributed by atoms with Crippen molar-refractivity contribution >= 4 is 40.4 Å². The first-order valence-corrected chi connectivity index (χ1v) is 0. The van der Waals surface area contributed by atoms with Crippen LogP contribution in [-0.2, 0) is 27.2 Å². The molecule has 1 nitrogen and oxygen atoms in total. The van der Waals surface area contributed by atoms with Gasteiger partial charge in [-0.3, -0.25) is 0 Å². The van der Waals surface area contributed by atoms with Gasteiger partial charge < -0.3 is 5.48 Å². The summed E-state index contributed by atoms with van der Waals surface area (Å²) in [6, 6.07) is 0. The summed E-state index contributed by atoms with van der Waals surface area (Å²) in [6.07, 6.45) is 0. The van der Waals surface area contributed by atoms with E-state index in [-0.39, 0.29) is 67.6 Å². The van der Waals surface area contributed by atoms with Gasteiger partial charge in [0.1, 0.15) is 0 Å². The third kappa shape index (κ3) is 9.02. The molecule has 0 aromatic rings. The molecule has 0 aliphatic rings. The zero-order chi connectivity index (χ0) is 0. The van der Waals surface area contributed by atoms with Crippen molar-refractivity contribution < 1.29 is 27.2 Å². The summed E-state index contributed by atoms with van der Waals surface area (Å²) in [4.78, 5) is 0. The zero-order valence-electron chi connectivity index (χ0n) is 2.19. The predicted octanol–water partition coefficient (Wildman–Crippen LogP) is -0.883. The van der Waals surface area contributed by atoms with Gasteiger partial charge in [-0.25, -0.2) is 0 Å². The summed E-state index contributed by atoms with van der Waals surface area (Å²) in [7, 11) is 0. The van der Waals surface area contributed by atoms with E-state index < -0.39 is 0 Å². The summed E-state index contributed by atoms with van der Waals surface area (Å²) in [5, 5.41) is 0. The van der Waals surface area contributed by atoms with Crippen molar-refractivity contribution in [3.63, 3.8) is 0 Å². The molecule has 0 spiro atoms. The molecular weight excluding hydrogens is 115 g/mol. The molecule has 0 saturated carbocycles. The second-order valence-corrected chi connectivity index (χ2v) is 0. The van der Waals surface area contributed by atoms with Crippen LogP contribution in [0.15, 0.2) is 0 Å². The van der Waals surface area contributed by atoms with Gasteiger partial charge in [0.2, 0.25) is 0 Å². The topological polar surface area (TPSA) is 28.5 Å². The van der Waals surface area contributed by atoms with E-state index in [0.717, 1.165) is 0 Å². The van der Waals surface area contributed by atoms with Gasteiger partial charge in [-0.1, -0.05) is 0 Å². The predicted molar refractivity (Wildman–Crippen MR) is 12.2 cm³/mol. The molecule has 0 aliphatic heterocycles. The fraction of sp³-hybridized carbons (Fsp3) is 0. The summed E-state index contributed by atoms with van der Waals surface area (Å²) >= 11 is 0. The van der Waals surface area contributed by atoms with Crippen molar-refractivity contribution in [3.8, 4) is 0 Å². The van der Waals surface area contributed by atoms with Crippen LogP contribution in [-0.4, -0.2) is 40.4 Å². The van der Waals surface area contributed by atoms with Gasteiger partial charge in [0.15, 0.2) is 0 Å². The van der Waals surface area contributed by atoms with E-state index in [2.05, 4.69) is 0 Å². The maximum absolute atomic E-state index is 0. The monoisotopic (exact) mass is 115 g/mol. The number of hydrogen-bond donors (Lipinski definition) is 0. The zero-order valence-corrected chi connectivity index (χ0v) is 6.32. The Hall–Kier alpha value is 1.97. The van der Waals surface area contributed by atoms with E-state index in [9.17, 15) is 0 Å². The van der Waals surface area contributed by atoms with Gasteiger partial charge in [0.25, 0.3) is 0 Å². The van der Waals surface area contributed by atoms with Gasteiger partial charge in [-0.2, -0.15) is 0 Å². The molecule has 4 heavy (non-hydrogen) atoms. The van der Waals surface area contributed by atoms with Crippen LogP contribution in [0, 0.1) is 0 Å². The van der Waals surface area contributed by atoms with Crippen molar-refractivity contribution in [2.24, 2.45) is 0 Å². The van der Waals surface area contributed by atoms with E-state index in [1.165, 1.54) is 0 Å². The molecule has 0 aliphatic carbocycles. The van der Waals surface area contributed by atoms with Crippen LogP contribution in [0.5, 0.6) is 0 Å². The van der Waals surface area contributed by atoms with Crippen LogP contribution in [0.4, 0.5) is 0 Å². The molecule has 0 saturated heterocycles.